The van der Waals surface area contributed by atoms with Gasteiger partial charge in [0.25, 0.3) is 0 Å². The number of ether oxygens (including phenoxy) is 2. The molecule has 0 atom stereocenters. The molecule has 0 saturated carbocycles. The number of ketones is 1. The van der Waals surface area contributed by atoms with E-state index in [-0.39, 0.29) is 23.7 Å². The highest BCUT2D eigenvalue weighted by Crippen LogP contribution is 2.24. The maximum Gasteiger partial charge on any atom is 0.166 e. The molecule has 2 aromatic carbocycles. The van der Waals surface area contributed by atoms with Crippen LogP contribution in [0.25, 0.3) is 0 Å². The van der Waals surface area contributed by atoms with E-state index < -0.39 is 5.82 Å². The molecular formula is C16H15FO3. The number of halogens is 1. The highest BCUT2D eigenvalue weighted by atomic mass is 19.1. The summed E-state index contributed by atoms with van der Waals surface area (Å²) < 4.78 is 24.2. The van der Waals surface area contributed by atoms with E-state index >= 15 is 0 Å². The molecule has 2 aromatic rings. The molecule has 0 spiro atoms. The van der Waals surface area contributed by atoms with Crippen LogP contribution in [-0.2, 0) is 6.61 Å². The van der Waals surface area contributed by atoms with Crippen LogP contribution in [0.3, 0.4) is 0 Å². The van der Waals surface area contributed by atoms with Crippen molar-refractivity contribution in [3.8, 4) is 11.5 Å². The fourth-order valence-electron chi connectivity index (χ4n) is 1.81. The van der Waals surface area contributed by atoms with E-state index in [9.17, 15) is 9.18 Å². The maximum atomic E-state index is 13.7. The largest absolute Gasteiger partial charge is 0.497 e. The van der Waals surface area contributed by atoms with Gasteiger partial charge in [-0.3, -0.25) is 4.79 Å². The first-order valence-electron chi connectivity index (χ1n) is 6.17. The zero-order valence-electron chi connectivity index (χ0n) is 11.4. The van der Waals surface area contributed by atoms with Gasteiger partial charge in [-0.15, -0.1) is 0 Å². The molecular weight excluding hydrogens is 259 g/mol. The first kappa shape index (κ1) is 14.1. The van der Waals surface area contributed by atoms with E-state index in [0.29, 0.717) is 0 Å². The van der Waals surface area contributed by atoms with Crippen molar-refractivity contribution < 1.29 is 18.7 Å². The van der Waals surface area contributed by atoms with Gasteiger partial charge in [-0.05, 0) is 36.8 Å². The van der Waals surface area contributed by atoms with Crippen LogP contribution in [0.4, 0.5) is 4.39 Å². The third kappa shape index (κ3) is 3.15. The minimum atomic E-state index is -0.536. The standard InChI is InChI=1S/C16H15FO3/c1-11(18)14-4-3-5-15(17)16(14)20-10-12-6-8-13(19-2)9-7-12/h3-9H,10H2,1-2H3. The smallest absolute Gasteiger partial charge is 0.166 e. The Morgan fingerprint density at radius 3 is 2.45 bits per heavy atom. The van der Waals surface area contributed by atoms with Crippen LogP contribution in [0, 0.1) is 5.82 Å². The third-order valence-electron chi connectivity index (χ3n) is 2.89. The number of hydrogen-bond acceptors (Lipinski definition) is 3. The van der Waals surface area contributed by atoms with Gasteiger partial charge in [0.15, 0.2) is 17.3 Å². The zero-order valence-corrected chi connectivity index (χ0v) is 11.4. The first-order chi connectivity index (χ1) is 9.61. The van der Waals surface area contributed by atoms with Crippen LogP contribution in [0.15, 0.2) is 42.5 Å². The molecule has 0 aliphatic carbocycles. The number of carbonyl (C=O) groups is 1. The molecule has 4 heteroatoms. The third-order valence-corrected chi connectivity index (χ3v) is 2.89. The van der Waals surface area contributed by atoms with E-state index in [0.717, 1.165) is 11.3 Å². The Balaban J connectivity index is 2.16. The summed E-state index contributed by atoms with van der Waals surface area (Å²) in [7, 11) is 1.59. The van der Waals surface area contributed by atoms with Crippen molar-refractivity contribution in [2.24, 2.45) is 0 Å². The molecule has 0 saturated heterocycles. The summed E-state index contributed by atoms with van der Waals surface area (Å²) in [6, 6.07) is 11.6. The lowest BCUT2D eigenvalue weighted by atomic mass is 10.1. The maximum absolute atomic E-state index is 13.7. The molecule has 0 radical (unpaired) electrons. The van der Waals surface area contributed by atoms with Gasteiger partial charge in [-0.1, -0.05) is 18.2 Å². The van der Waals surface area contributed by atoms with Crippen molar-refractivity contribution in [3.63, 3.8) is 0 Å². The number of methoxy groups -OCH3 is 1. The molecule has 20 heavy (non-hydrogen) atoms. The van der Waals surface area contributed by atoms with Crippen LogP contribution in [0.1, 0.15) is 22.8 Å². The van der Waals surface area contributed by atoms with Crippen molar-refractivity contribution in [1.82, 2.24) is 0 Å². The molecule has 0 heterocycles. The summed E-state index contributed by atoms with van der Waals surface area (Å²) in [5.41, 5.74) is 1.11. The van der Waals surface area contributed by atoms with Crippen LogP contribution in [0.5, 0.6) is 11.5 Å². The normalized spacial score (nSPS) is 10.2. The summed E-state index contributed by atoms with van der Waals surface area (Å²) in [6.45, 7) is 1.57. The van der Waals surface area contributed by atoms with Crippen molar-refractivity contribution >= 4 is 5.78 Å². The zero-order chi connectivity index (χ0) is 14.5. The highest BCUT2D eigenvalue weighted by Gasteiger charge is 2.13. The lowest BCUT2D eigenvalue weighted by molar-refractivity contribution is 0.101. The van der Waals surface area contributed by atoms with Gasteiger partial charge in [0.05, 0.1) is 12.7 Å². The summed E-state index contributed by atoms with van der Waals surface area (Å²) in [4.78, 5) is 11.5. The van der Waals surface area contributed by atoms with Crippen molar-refractivity contribution in [2.75, 3.05) is 7.11 Å². The average Bonchev–Trinajstić information content (AvgIpc) is 2.46. The molecule has 2 rings (SSSR count). The number of carbonyl (C=O) groups excluding carboxylic acids is 1. The monoisotopic (exact) mass is 274 g/mol. The quantitative estimate of drug-likeness (QED) is 0.781. The second kappa shape index (κ2) is 6.19. The van der Waals surface area contributed by atoms with E-state index in [1.165, 1.54) is 19.1 Å². The number of hydrogen-bond donors (Lipinski definition) is 0. The Morgan fingerprint density at radius 2 is 1.85 bits per heavy atom. The highest BCUT2D eigenvalue weighted by molar-refractivity contribution is 5.96. The molecule has 0 aromatic heterocycles. The number of Topliss-reactive ketones (excluding diaryl/α,β-unsaturated/α-hetero) is 1. The Kier molecular flexibility index (Phi) is 4.35. The predicted molar refractivity (Wildman–Crippen MR) is 73.7 cm³/mol. The topological polar surface area (TPSA) is 35.5 Å². The van der Waals surface area contributed by atoms with Gasteiger partial charge < -0.3 is 9.47 Å². The fourth-order valence-corrected chi connectivity index (χ4v) is 1.81. The molecule has 0 bridgehead atoms. The second-order valence-corrected chi connectivity index (χ2v) is 4.31. The minimum absolute atomic E-state index is 0.00387. The molecule has 0 aliphatic heterocycles. The van der Waals surface area contributed by atoms with E-state index in [2.05, 4.69) is 0 Å². The minimum Gasteiger partial charge on any atom is -0.497 e. The summed E-state index contributed by atoms with van der Waals surface area (Å²) in [5, 5.41) is 0. The Labute approximate surface area is 117 Å². The molecule has 3 nitrogen and oxygen atoms in total. The Bertz CT molecular complexity index is 606. The van der Waals surface area contributed by atoms with Crippen LogP contribution in [0.2, 0.25) is 0 Å². The molecule has 0 aliphatic rings. The SMILES string of the molecule is COc1ccc(COc2c(F)cccc2C(C)=O)cc1. The van der Waals surface area contributed by atoms with Gasteiger partial charge >= 0.3 is 0 Å². The Morgan fingerprint density at radius 1 is 1.15 bits per heavy atom. The van der Waals surface area contributed by atoms with Gasteiger partial charge in [0, 0.05) is 0 Å². The van der Waals surface area contributed by atoms with Gasteiger partial charge in [-0.2, -0.15) is 0 Å². The average molecular weight is 274 g/mol. The van der Waals surface area contributed by atoms with E-state index in [1.807, 2.05) is 12.1 Å². The molecule has 0 fully saturated rings. The van der Waals surface area contributed by atoms with Crippen molar-refractivity contribution in [2.45, 2.75) is 13.5 Å². The van der Waals surface area contributed by atoms with Crippen LogP contribution < -0.4 is 9.47 Å². The summed E-state index contributed by atoms with van der Waals surface area (Å²) >= 11 is 0. The van der Waals surface area contributed by atoms with Gasteiger partial charge in [0.2, 0.25) is 0 Å². The fraction of sp³-hybridized carbons (Fsp3) is 0.188. The molecule has 0 unspecified atom stereocenters. The van der Waals surface area contributed by atoms with Gasteiger partial charge in [0.1, 0.15) is 12.4 Å². The number of para-hydroxylation sites is 1. The van der Waals surface area contributed by atoms with Crippen molar-refractivity contribution in [3.05, 3.63) is 59.4 Å². The molecule has 104 valence electrons. The molecule has 0 N–H and O–H groups in total. The summed E-state index contributed by atoms with van der Waals surface area (Å²) in [5.74, 6) is -0.0275. The lowest BCUT2D eigenvalue weighted by Gasteiger charge is -2.11. The molecule has 0 amide bonds. The predicted octanol–water partition coefficient (Wildman–Crippen LogP) is 3.62. The van der Waals surface area contributed by atoms with E-state index in [4.69, 9.17) is 9.47 Å². The lowest BCUT2D eigenvalue weighted by Crippen LogP contribution is -2.03. The van der Waals surface area contributed by atoms with Crippen LogP contribution >= 0.6 is 0 Å². The van der Waals surface area contributed by atoms with E-state index in [1.54, 1.807) is 25.3 Å². The second-order valence-electron chi connectivity index (χ2n) is 4.31. The van der Waals surface area contributed by atoms with Crippen molar-refractivity contribution in [1.29, 1.82) is 0 Å². The number of benzene rings is 2. The van der Waals surface area contributed by atoms with Gasteiger partial charge in [-0.25, -0.2) is 4.39 Å². The first-order valence-corrected chi connectivity index (χ1v) is 6.17. The number of rotatable bonds is 5. The van der Waals surface area contributed by atoms with Crippen LogP contribution in [-0.4, -0.2) is 12.9 Å². The summed E-state index contributed by atoms with van der Waals surface area (Å²) in [6.07, 6.45) is 0. The Hall–Kier alpha value is -2.36.